The minimum atomic E-state index is -0.424. The molecule has 0 saturated heterocycles. The summed E-state index contributed by atoms with van der Waals surface area (Å²) in [5.41, 5.74) is 1.62. The molecule has 38 heavy (non-hydrogen) atoms. The number of allylic oxidation sites excluding steroid dienone is 1. The van der Waals surface area contributed by atoms with Crippen molar-refractivity contribution < 1.29 is 14.6 Å². The summed E-state index contributed by atoms with van der Waals surface area (Å²) in [5, 5.41) is 13.7. The fourth-order valence-corrected chi connectivity index (χ4v) is 9.42. The van der Waals surface area contributed by atoms with Gasteiger partial charge in [-0.15, -0.1) is 12.4 Å². The fourth-order valence-electron chi connectivity index (χ4n) is 9.42. The van der Waals surface area contributed by atoms with Gasteiger partial charge in [0.15, 0.2) is 0 Å². The molecule has 4 aliphatic carbocycles. The molecule has 4 aliphatic rings. The summed E-state index contributed by atoms with van der Waals surface area (Å²) in [6.45, 7) is 13.6. The Morgan fingerprint density at radius 3 is 2.58 bits per heavy atom. The highest BCUT2D eigenvalue weighted by Crippen LogP contribution is 2.67. The van der Waals surface area contributed by atoms with Crippen LogP contribution in [-0.4, -0.2) is 55.5 Å². The zero-order chi connectivity index (χ0) is 27.0. The summed E-state index contributed by atoms with van der Waals surface area (Å²) in [6, 6.07) is 0. The van der Waals surface area contributed by atoms with E-state index in [1.54, 1.807) is 0 Å². The Balaban J connectivity index is 0.00000400. The number of hydrogen-bond donors (Lipinski definition) is 2. The smallest absolute Gasteiger partial charge is 0.407 e. The van der Waals surface area contributed by atoms with Gasteiger partial charge >= 0.3 is 6.09 Å². The van der Waals surface area contributed by atoms with Crippen LogP contribution in [0, 0.1) is 46.3 Å². The average molecular weight is 553 g/mol. The molecule has 0 radical (unpaired) electrons. The standard InChI is InChI=1S/C32H56N2O3.ClH/c1-21(2)9-8-10-22(3)26-13-14-27-25-12-11-23-19-24(35)20-29(37-30(36)33-17-18-34(6)7)32(23,5)28(25)15-16-31(26,27)4;/h11,21-22,24-29,35H,8-10,12-20H2,1-7H3,(H,33,36);1H/t22-,24-,25+,26-,27+,28+,29?,31-,32+;/m1./s1. The number of fused-ring (bicyclic) bond motifs is 5. The van der Waals surface area contributed by atoms with E-state index in [-0.39, 0.29) is 30.0 Å². The SMILES string of the molecule is CC(C)CCC[C@@H](C)[C@H]1CC[C@H]2[C@@H]3CC=C4C[C@@H](O)CC(OC(=O)NCCN(C)C)[C@]4(C)[C@H]3CC[C@]12C.Cl. The molecule has 0 spiro atoms. The Morgan fingerprint density at radius 2 is 1.89 bits per heavy atom. The molecule has 1 unspecified atom stereocenters. The summed E-state index contributed by atoms with van der Waals surface area (Å²) in [5.74, 6) is 4.41. The van der Waals surface area contributed by atoms with Crippen molar-refractivity contribution in [3.05, 3.63) is 11.6 Å². The van der Waals surface area contributed by atoms with Crippen molar-refractivity contribution in [1.29, 1.82) is 0 Å². The van der Waals surface area contributed by atoms with Gasteiger partial charge < -0.3 is 20.1 Å². The van der Waals surface area contributed by atoms with Gasteiger partial charge in [0, 0.05) is 24.9 Å². The number of ether oxygens (including phenoxy) is 1. The van der Waals surface area contributed by atoms with Crippen molar-refractivity contribution in [1.82, 2.24) is 10.2 Å². The number of nitrogens with zero attached hydrogens (tertiary/aromatic N) is 1. The lowest BCUT2D eigenvalue weighted by molar-refractivity contribution is -0.110. The van der Waals surface area contributed by atoms with Crippen LogP contribution < -0.4 is 5.32 Å². The number of nitrogens with one attached hydrogen (secondary N) is 1. The molecule has 9 atom stereocenters. The Labute approximate surface area is 239 Å². The van der Waals surface area contributed by atoms with Crippen LogP contribution in [0.5, 0.6) is 0 Å². The van der Waals surface area contributed by atoms with E-state index in [1.165, 1.54) is 50.5 Å². The van der Waals surface area contributed by atoms with E-state index in [0.29, 0.717) is 30.2 Å². The molecular formula is C32H57ClN2O3. The van der Waals surface area contributed by atoms with Crippen LogP contribution in [0.3, 0.4) is 0 Å². The van der Waals surface area contributed by atoms with Crippen molar-refractivity contribution in [2.75, 3.05) is 27.2 Å². The highest BCUT2D eigenvalue weighted by atomic mass is 35.5. The molecule has 5 nitrogen and oxygen atoms in total. The first-order chi connectivity index (χ1) is 17.5. The molecule has 6 heteroatoms. The minimum Gasteiger partial charge on any atom is -0.445 e. The third-order valence-corrected chi connectivity index (χ3v) is 11.4. The molecule has 0 aromatic heterocycles. The van der Waals surface area contributed by atoms with Crippen LogP contribution in [0.1, 0.15) is 98.8 Å². The normalized spacial score (nSPS) is 38.9. The van der Waals surface area contributed by atoms with Gasteiger partial charge in [-0.1, -0.05) is 65.5 Å². The third kappa shape index (κ3) is 6.25. The maximum atomic E-state index is 12.8. The fraction of sp³-hybridized carbons (Fsp3) is 0.906. The lowest BCUT2D eigenvalue weighted by Crippen LogP contribution is -2.57. The molecule has 220 valence electrons. The van der Waals surface area contributed by atoms with Crippen LogP contribution in [-0.2, 0) is 4.74 Å². The quantitative estimate of drug-likeness (QED) is 0.300. The maximum Gasteiger partial charge on any atom is 0.407 e. The molecule has 0 heterocycles. The first-order valence-electron chi connectivity index (χ1n) is 15.4. The predicted octanol–water partition coefficient (Wildman–Crippen LogP) is 7.08. The number of aliphatic hydroxyl groups is 1. The summed E-state index contributed by atoms with van der Waals surface area (Å²) >= 11 is 0. The largest absolute Gasteiger partial charge is 0.445 e. The Kier molecular flexibility index (Phi) is 10.7. The van der Waals surface area contributed by atoms with Gasteiger partial charge in [0.2, 0.25) is 0 Å². The van der Waals surface area contributed by atoms with Crippen LogP contribution in [0.2, 0.25) is 0 Å². The second-order valence-corrected chi connectivity index (χ2v) is 14.4. The number of likely N-dealkylation sites (N-methyl/N-ethyl adjacent to an activating group) is 1. The molecule has 0 aromatic carbocycles. The Morgan fingerprint density at radius 1 is 1.16 bits per heavy atom. The van der Waals surface area contributed by atoms with Crippen molar-refractivity contribution >= 4 is 18.5 Å². The average Bonchev–Trinajstić information content (AvgIpc) is 3.16. The monoisotopic (exact) mass is 552 g/mol. The summed E-state index contributed by atoms with van der Waals surface area (Å²) < 4.78 is 6.16. The topological polar surface area (TPSA) is 61.8 Å². The molecule has 2 N–H and O–H groups in total. The van der Waals surface area contributed by atoms with E-state index in [0.717, 1.165) is 43.1 Å². The first kappa shape index (κ1) is 31.7. The number of carbonyl (C=O) groups excluding carboxylic acids is 1. The van der Waals surface area contributed by atoms with Crippen LogP contribution in [0.4, 0.5) is 4.79 Å². The lowest BCUT2D eigenvalue weighted by Gasteiger charge is -2.60. The summed E-state index contributed by atoms with van der Waals surface area (Å²) in [6.07, 6.45) is 13.2. The zero-order valence-electron chi connectivity index (χ0n) is 25.3. The molecule has 0 aliphatic heterocycles. The van der Waals surface area contributed by atoms with Crippen LogP contribution in [0.25, 0.3) is 0 Å². The van der Waals surface area contributed by atoms with Gasteiger partial charge in [-0.2, -0.15) is 0 Å². The molecule has 0 bridgehead atoms. The van der Waals surface area contributed by atoms with Gasteiger partial charge in [-0.3, -0.25) is 0 Å². The molecule has 3 saturated carbocycles. The van der Waals surface area contributed by atoms with Gasteiger partial charge in [0.1, 0.15) is 6.10 Å². The first-order valence-corrected chi connectivity index (χ1v) is 15.4. The Bertz CT molecular complexity index is 832. The van der Waals surface area contributed by atoms with E-state index in [2.05, 4.69) is 50.9 Å². The molecule has 1 amide bonds. The van der Waals surface area contributed by atoms with Gasteiger partial charge in [-0.25, -0.2) is 4.79 Å². The second kappa shape index (κ2) is 12.8. The van der Waals surface area contributed by atoms with Crippen molar-refractivity contribution in [2.45, 2.75) is 111 Å². The van der Waals surface area contributed by atoms with Gasteiger partial charge in [0.25, 0.3) is 0 Å². The van der Waals surface area contributed by atoms with Crippen molar-refractivity contribution in [3.63, 3.8) is 0 Å². The summed E-state index contributed by atoms with van der Waals surface area (Å²) in [7, 11) is 4.00. The van der Waals surface area contributed by atoms with Gasteiger partial charge in [0.05, 0.1) is 6.10 Å². The molecule has 3 fully saturated rings. The second-order valence-electron chi connectivity index (χ2n) is 14.4. The van der Waals surface area contributed by atoms with Crippen molar-refractivity contribution in [3.8, 4) is 0 Å². The number of carbonyl (C=O) groups is 1. The van der Waals surface area contributed by atoms with Crippen LogP contribution >= 0.6 is 12.4 Å². The third-order valence-electron chi connectivity index (χ3n) is 11.4. The number of halogens is 1. The van der Waals surface area contributed by atoms with E-state index in [9.17, 15) is 9.90 Å². The zero-order valence-corrected chi connectivity index (χ0v) is 26.1. The highest BCUT2D eigenvalue weighted by molar-refractivity contribution is 5.85. The molecule has 0 aromatic rings. The highest BCUT2D eigenvalue weighted by Gasteiger charge is 2.61. The number of rotatable bonds is 9. The van der Waals surface area contributed by atoms with E-state index < -0.39 is 6.10 Å². The number of aliphatic hydroxyl groups excluding tert-OH is 1. The Hall–Kier alpha value is -0.780. The number of alkyl carbamates (subject to hydrolysis) is 1. The van der Waals surface area contributed by atoms with E-state index in [1.807, 2.05) is 14.1 Å². The number of amides is 1. The molecular weight excluding hydrogens is 496 g/mol. The summed E-state index contributed by atoms with van der Waals surface area (Å²) in [4.78, 5) is 14.9. The predicted molar refractivity (Wildman–Crippen MR) is 159 cm³/mol. The minimum absolute atomic E-state index is 0. The van der Waals surface area contributed by atoms with Crippen LogP contribution in [0.15, 0.2) is 11.6 Å². The van der Waals surface area contributed by atoms with E-state index >= 15 is 0 Å². The number of hydrogen-bond acceptors (Lipinski definition) is 4. The van der Waals surface area contributed by atoms with E-state index in [4.69, 9.17) is 4.74 Å². The van der Waals surface area contributed by atoms with Crippen molar-refractivity contribution in [2.24, 2.45) is 46.3 Å². The molecule has 4 rings (SSSR count). The maximum absolute atomic E-state index is 12.8. The van der Waals surface area contributed by atoms with Gasteiger partial charge in [-0.05, 0) is 93.5 Å². The lowest BCUT2D eigenvalue weighted by atomic mass is 9.46.